The SMILES string of the molecule is Cc1nc(N)ccc1CNC(=O)Cn1c(C)cc(Cc2ccccc2)c(NS(C)(=O)=O)c1=O. The van der Waals surface area contributed by atoms with E-state index in [9.17, 15) is 18.0 Å². The number of carbonyl (C=O) groups excluding carboxylic acids is 1. The van der Waals surface area contributed by atoms with Gasteiger partial charge in [-0.3, -0.25) is 14.3 Å². The number of nitrogens with two attached hydrogens (primary N) is 1. The Bertz CT molecular complexity index is 1330. The van der Waals surface area contributed by atoms with Crippen molar-refractivity contribution in [3.05, 3.63) is 87.0 Å². The molecule has 0 spiro atoms. The van der Waals surface area contributed by atoms with Crippen LogP contribution in [0.3, 0.4) is 0 Å². The highest BCUT2D eigenvalue weighted by Gasteiger charge is 2.18. The van der Waals surface area contributed by atoms with E-state index in [1.54, 1.807) is 32.0 Å². The average molecular weight is 470 g/mol. The number of aryl methyl sites for hydroxylation is 2. The van der Waals surface area contributed by atoms with Crippen LogP contribution >= 0.6 is 0 Å². The number of sulfonamides is 1. The van der Waals surface area contributed by atoms with E-state index in [4.69, 9.17) is 5.73 Å². The maximum absolute atomic E-state index is 13.2. The molecule has 0 bridgehead atoms. The van der Waals surface area contributed by atoms with Gasteiger partial charge in [-0.1, -0.05) is 36.4 Å². The molecule has 1 aromatic carbocycles. The lowest BCUT2D eigenvalue weighted by Gasteiger charge is -2.17. The van der Waals surface area contributed by atoms with Gasteiger partial charge in [0.1, 0.15) is 18.1 Å². The number of rotatable bonds is 8. The molecule has 0 unspecified atom stereocenters. The van der Waals surface area contributed by atoms with Crippen molar-refractivity contribution < 1.29 is 13.2 Å². The third kappa shape index (κ3) is 6.42. The van der Waals surface area contributed by atoms with Crippen LogP contribution in [0.15, 0.2) is 53.3 Å². The van der Waals surface area contributed by atoms with Gasteiger partial charge in [-0.15, -0.1) is 0 Å². The van der Waals surface area contributed by atoms with Gasteiger partial charge in [0.25, 0.3) is 5.56 Å². The molecule has 174 valence electrons. The van der Waals surface area contributed by atoms with Crippen LogP contribution in [0.25, 0.3) is 0 Å². The molecule has 3 aromatic rings. The smallest absolute Gasteiger partial charge is 0.275 e. The molecule has 1 amide bonds. The molecule has 0 saturated carbocycles. The molecule has 10 heteroatoms. The Morgan fingerprint density at radius 3 is 2.42 bits per heavy atom. The Morgan fingerprint density at radius 1 is 1.09 bits per heavy atom. The number of pyridine rings is 2. The van der Waals surface area contributed by atoms with Crippen LogP contribution in [0, 0.1) is 13.8 Å². The van der Waals surface area contributed by atoms with Crippen LogP contribution in [0.2, 0.25) is 0 Å². The van der Waals surface area contributed by atoms with Gasteiger partial charge >= 0.3 is 0 Å². The normalized spacial score (nSPS) is 11.2. The zero-order valence-corrected chi connectivity index (χ0v) is 19.6. The summed E-state index contributed by atoms with van der Waals surface area (Å²) in [6, 6.07) is 14.6. The van der Waals surface area contributed by atoms with Gasteiger partial charge in [0.15, 0.2) is 0 Å². The van der Waals surface area contributed by atoms with E-state index in [2.05, 4.69) is 15.0 Å². The number of nitrogens with one attached hydrogen (secondary N) is 2. The van der Waals surface area contributed by atoms with Crippen molar-refractivity contribution in [2.24, 2.45) is 0 Å². The second-order valence-corrected chi connectivity index (χ2v) is 9.62. The minimum absolute atomic E-state index is 0.0571. The summed E-state index contributed by atoms with van der Waals surface area (Å²) in [6.07, 6.45) is 1.35. The third-order valence-corrected chi connectivity index (χ3v) is 5.68. The standard InChI is InChI=1S/C23H27N5O4S/c1-15-11-19(12-17-7-5-4-6-8-17)22(27-33(3,31)32)23(30)28(15)14-21(29)25-13-18-9-10-20(24)26-16(18)2/h4-11,27H,12-14H2,1-3H3,(H2,24,26)(H,25,29). The molecule has 0 saturated heterocycles. The van der Waals surface area contributed by atoms with E-state index >= 15 is 0 Å². The lowest BCUT2D eigenvalue weighted by molar-refractivity contribution is -0.121. The Kier molecular flexibility index (Phi) is 7.17. The average Bonchev–Trinajstić information content (AvgIpc) is 2.73. The minimum Gasteiger partial charge on any atom is -0.384 e. The molecule has 33 heavy (non-hydrogen) atoms. The first-order chi connectivity index (χ1) is 15.5. The van der Waals surface area contributed by atoms with Crippen molar-refractivity contribution in [3.8, 4) is 0 Å². The summed E-state index contributed by atoms with van der Waals surface area (Å²) in [5.74, 6) is 0.00351. The summed E-state index contributed by atoms with van der Waals surface area (Å²) in [4.78, 5) is 30.0. The summed E-state index contributed by atoms with van der Waals surface area (Å²) in [5, 5.41) is 2.77. The van der Waals surface area contributed by atoms with E-state index < -0.39 is 21.5 Å². The predicted octanol–water partition coefficient (Wildman–Crippen LogP) is 1.72. The van der Waals surface area contributed by atoms with Gasteiger partial charge in [0.05, 0.1) is 6.26 Å². The van der Waals surface area contributed by atoms with Crippen molar-refractivity contribution >= 4 is 27.4 Å². The maximum atomic E-state index is 13.2. The molecule has 0 fully saturated rings. The zero-order chi connectivity index (χ0) is 24.2. The third-order valence-electron chi connectivity index (χ3n) is 5.11. The summed E-state index contributed by atoms with van der Waals surface area (Å²) in [6.45, 7) is 3.48. The van der Waals surface area contributed by atoms with Crippen LogP contribution in [0.5, 0.6) is 0 Å². The number of amides is 1. The number of hydrogen-bond acceptors (Lipinski definition) is 6. The highest BCUT2D eigenvalue weighted by molar-refractivity contribution is 7.92. The van der Waals surface area contributed by atoms with Gasteiger partial charge in [0.2, 0.25) is 15.9 Å². The Labute approximate surface area is 192 Å². The summed E-state index contributed by atoms with van der Waals surface area (Å²) in [5.41, 5.74) is 8.54. The van der Waals surface area contributed by atoms with Crippen molar-refractivity contribution in [2.45, 2.75) is 33.4 Å². The quantitative estimate of drug-likeness (QED) is 0.460. The lowest BCUT2D eigenvalue weighted by atomic mass is 10.0. The number of carbonyl (C=O) groups is 1. The van der Waals surface area contributed by atoms with E-state index in [0.29, 0.717) is 29.2 Å². The van der Waals surface area contributed by atoms with Crippen LogP contribution < -0.4 is 21.3 Å². The van der Waals surface area contributed by atoms with E-state index in [1.165, 1.54) is 4.57 Å². The van der Waals surface area contributed by atoms with Crippen molar-refractivity contribution in [3.63, 3.8) is 0 Å². The fourth-order valence-corrected chi connectivity index (χ4v) is 4.06. The molecule has 0 atom stereocenters. The maximum Gasteiger partial charge on any atom is 0.275 e. The molecule has 0 aliphatic rings. The highest BCUT2D eigenvalue weighted by Crippen LogP contribution is 2.19. The first-order valence-corrected chi connectivity index (χ1v) is 12.2. The van der Waals surface area contributed by atoms with Gasteiger partial charge < -0.3 is 15.6 Å². The molecule has 4 N–H and O–H groups in total. The number of benzene rings is 1. The van der Waals surface area contributed by atoms with E-state index in [-0.39, 0.29) is 18.8 Å². The first kappa shape index (κ1) is 24.0. The van der Waals surface area contributed by atoms with Crippen molar-refractivity contribution in [1.82, 2.24) is 14.9 Å². The fourth-order valence-electron chi connectivity index (χ4n) is 3.47. The molecule has 2 heterocycles. The number of anilines is 2. The molecule has 9 nitrogen and oxygen atoms in total. The van der Waals surface area contributed by atoms with E-state index in [0.717, 1.165) is 17.4 Å². The predicted molar refractivity (Wildman–Crippen MR) is 128 cm³/mol. The first-order valence-electron chi connectivity index (χ1n) is 10.3. The Hall–Kier alpha value is -3.66. The van der Waals surface area contributed by atoms with Gasteiger partial charge in [-0.2, -0.15) is 0 Å². The number of nitrogen functional groups attached to an aromatic ring is 1. The lowest BCUT2D eigenvalue weighted by Crippen LogP contribution is -2.35. The fraction of sp³-hybridized carbons (Fsp3) is 0.261. The summed E-state index contributed by atoms with van der Waals surface area (Å²) < 4.78 is 27.5. The monoisotopic (exact) mass is 469 g/mol. The van der Waals surface area contributed by atoms with Gasteiger partial charge in [-0.25, -0.2) is 13.4 Å². The Morgan fingerprint density at radius 2 is 1.79 bits per heavy atom. The zero-order valence-electron chi connectivity index (χ0n) is 18.8. The highest BCUT2D eigenvalue weighted by atomic mass is 32.2. The topological polar surface area (TPSA) is 136 Å². The summed E-state index contributed by atoms with van der Waals surface area (Å²) in [7, 11) is -3.71. The largest absolute Gasteiger partial charge is 0.384 e. The second-order valence-electron chi connectivity index (χ2n) is 7.87. The Balaban J connectivity index is 1.87. The number of aromatic nitrogens is 2. The van der Waals surface area contributed by atoms with Crippen molar-refractivity contribution in [1.29, 1.82) is 0 Å². The summed E-state index contributed by atoms with van der Waals surface area (Å²) >= 11 is 0. The molecule has 0 radical (unpaired) electrons. The van der Waals surface area contributed by atoms with Crippen LogP contribution in [-0.4, -0.2) is 30.1 Å². The second kappa shape index (κ2) is 9.86. The van der Waals surface area contributed by atoms with Crippen LogP contribution in [0.4, 0.5) is 11.5 Å². The van der Waals surface area contributed by atoms with Crippen LogP contribution in [-0.2, 0) is 34.3 Å². The molecule has 0 aliphatic heterocycles. The van der Waals surface area contributed by atoms with E-state index in [1.807, 2.05) is 30.3 Å². The van der Waals surface area contributed by atoms with Gasteiger partial charge in [0, 0.05) is 17.9 Å². The molecule has 0 aliphatic carbocycles. The number of hydrogen-bond donors (Lipinski definition) is 3. The van der Waals surface area contributed by atoms with Crippen LogP contribution in [0.1, 0.15) is 28.1 Å². The molecule has 3 rings (SSSR count). The van der Waals surface area contributed by atoms with Crippen molar-refractivity contribution in [2.75, 3.05) is 16.7 Å². The molecule has 2 aromatic heterocycles. The minimum atomic E-state index is -3.71. The number of nitrogens with zero attached hydrogens (tertiary/aromatic N) is 2. The molecular formula is C23H27N5O4S. The van der Waals surface area contributed by atoms with Gasteiger partial charge in [-0.05, 0) is 49.1 Å². The molecular weight excluding hydrogens is 442 g/mol.